The molecule has 3 rings (SSSR count). The van der Waals surface area contributed by atoms with Gasteiger partial charge in [-0.1, -0.05) is 18.2 Å². The number of carbonyl (C=O) groups excluding carboxylic acids is 1. The fourth-order valence-corrected chi connectivity index (χ4v) is 3.46. The number of hydrogen-bond donors (Lipinski definition) is 1. The molecule has 7 heteroatoms. The number of hydrogen-bond acceptors (Lipinski definition) is 5. The van der Waals surface area contributed by atoms with Crippen molar-refractivity contribution in [3.63, 3.8) is 0 Å². The molecule has 0 radical (unpaired) electrons. The monoisotopic (exact) mass is 411 g/mol. The number of benzene rings is 2. The van der Waals surface area contributed by atoms with Crippen LogP contribution in [0.2, 0.25) is 0 Å². The van der Waals surface area contributed by atoms with Crippen molar-refractivity contribution in [1.29, 1.82) is 0 Å². The smallest absolute Gasteiger partial charge is 0.269 e. The van der Waals surface area contributed by atoms with E-state index in [0.717, 1.165) is 29.0 Å². The number of ether oxygens (including phenoxy) is 2. The molecule has 1 N–H and O–H groups in total. The van der Waals surface area contributed by atoms with E-state index in [4.69, 9.17) is 9.47 Å². The van der Waals surface area contributed by atoms with Crippen molar-refractivity contribution in [3.05, 3.63) is 60.7 Å². The molecule has 0 fully saturated rings. The molecule has 0 aliphatic rings. The van der Waals surface area contributed by atoms with E-state index >= 15 is 0 Å². The van der Waals surface area contributed by atoms with E-state index in [1.807, 2.05) is 42.5 Å². The Morgan fingerprint density at radius 3 is 2.66 bits per heavy atom. The Bertz CT molecular complexity index is 971. The van der Waals surface area contributed by atoms with E-state index in [-0.39, 0.29) is 5.91 Å². The topological polar surface area (TPSA) is 65.4 Å². The third-order valence-corrected chi connectivity index (χ3v) is 5.22. The Morgan fingerprint density at radius 1 is 1.10 bits per heavy atom. The van der Waals surface area contributed by atoms with Crippen molar-refractivity contribution in [2.24, 2.45) is 0 Å². The highest BCUT2D eigenvalue weighted by Crippen LogP contribution is 2.33. The molecule has 0 atom stereocenters. The van der Waals surface area contributed by atoms with Crippen LogP contribution in [0.15, 0.2) is 55.0 Å². The van der Waals surface area contributed by atoms with Gasteiger partial charge in [0.15, 0.2) is 11.5 Å². The van der Waals surface area contributed by atoms with Crippen LogP contribution < -0.4 is 14.8 Å². The molecule has 2 aromatic carbocycles. The Balaban J connectivity index is 1.86. The minimum absolute atomic E-state index is 0.125. The van der Waals surface area contributed by atoms with Crippen LogP contribution in [-0.4, -0.2) is 48.2 Å². The molecule has 0 bridgehead atoms. The van der Waals surface area contributed by atoms with E-state index < -0.39 is 0 Å². The fourth-order valence-electron chi connectivity index (χ4n) is 3.03. The molecule has 0 unspecified atom stereocenters. The molecule has 29 heavy (non-hydrogen) atoms. The van der Waals surface area contributed by atoms with E-state index in [0.29, 0.717) is 23.7 Å². The third-order valence-electron chi connectivity index (χ3n) is 4.52. The second-order valence-electron chi connectivity index (χ2n) is 6.37. The summed E-state index contributed by atoms with van der Waals surface area (Å²) >= 11 is 1.77. The maximum Gasteiger partial charge on any atom is 0.269 e. The zero-order valence-electron chi connectivity index (χ0n) is 16.8. The first kappa shape index (κ1) is 20.8. The molecule has 0 aliphatic carbocycles. The molecule has 3 aromatic rings. The van der Waals surface area contributed by atoms with Crippen molar-refractivity contribution in [3.8, 4) is 28.3 Å². The fraction of sp³-hybridized carbons (Fsp3) is 0.273. The predicted octanol–water partition coefficient (Wildman–Crippen LogP) is 4.04. The highest BCUT2D eigenvalue weighted by atomic mass is 32.2. The van der Waals surface area contributed by atoms with Gasteiger partial charge in [0.25, 0.3) is 5.91 Å². The van der Waals surface area contributed by atoms with E-state index in [9.17, 15) is 4.79 Å². The quantitative estimate of drug-likeness (QED) is 0.539. The summed E-state index contributed by atoms with van der Waals surface area (Å²) < 4.78 is 12.5. The number of imidazole rings is 1. The highest BCUT2D eigenvalue weighted by Gasteiger charge is 2.13. The van der Waals surface area contributed by atoms with Crippen LogP contribution in [-0.2, 0) is 0 Å². The SMILES string of the molecule is COc1ccc(-c2cccc(-n3cncc3C(=O)NCCCSC)c2)cc1OC. The lowest BCUT2D eigenvalue weighted by Gasteiger charge is -2.12. The average Bonchev–Trinajstić information content (AvgIpc) is 3.26. The van der Waals surface area contributed by atoms with Gasteiger partial charge in [-0.2, -0.15) is 11.8 Å². The molecular formula is C22H25N3O3S. The molecule has 0 spiro atoms. The maximum absolute atomic E-state index is 12.6. The second-order valence-corrected chi connectivity index (χ2v) is 7.36. The van der Waals surface area contributed by atoms with Gasteiger partial charge in [0.2, 0.25) is 0 Å². The lowest BCUT2D eigenvalue weighted by atomic mass is 10.0. The minimum Gasteiger partial charge on any atom is -0.493 e. The largest absolute Gasteiger partial charge is 0.493 e. The van der Waals surface area contributed by atoms with Crippen LogP contribution in [0.4, 0.5) is 0 Å². The van der Waals surface area contributed by atoms with Crippen LogP contribution in [0, 0.1) is 0 Å². The van der Waals surface area contributed by atoms with E-state index in [1.54, 1.807) is 43.1 Å². The predicted molar refractivity (Wildman–Crippen MR) is 117 cm³/mol. The third kappa shape index (κ3) is 4.92. The normalized spacial score (nSPS) is 10.6. The van der Waals surface area contributed by atoms with Crippen LogP contribution in [0.3, 0.4) is 0 Å². The van der Waals surface area contributed by atoms with Gasteiger partial charge in [0.05, 0.1) is 26.7 Å². The summed E-state index contributed by atoms with van der Waals surface area (Å²) in [6.45, 7) is 0.649. The zero-order chi connectivity index (χ0) is 20.6. The van der Waals surface area contributed by atoms with E-state index in [2.05, 4.69) is 16.6 Å². The lowest BCUT2D eigenvalue weighted by Crippen LogP contribution is -2.26. The summed E-state index contributed by atoms with van der Waals surface area (Å²) in [5.41, 5.74) is 3.37. The zero-order valence-corrected chi connectivity index (χ0v) is 17.7. The average molecular weight is 412 g/mol. The molecule has 6 nitrogen and oxygen atoms in total. The van der Waals surface area contributed by atoms with Gasteiger partial charge in [-0.15, -0.1) is 0 Å². The van der Waals surface area contributed by atoms with Crippen LogP contribution in [0.1, 0.15) is 16.9 Å². The number of carbonyl (C=O) groups is 1. The second kappa shape index (κ2) is 10.0. The van der Waals surface area contributed by atoms with Crippen molar-refractivity contribution in [1.82, 2.24) is 14.9 Å². The molecular weight excluding hydrogens is 386 g/mol. The molecule has 1 amide bonds. The summed E-state index contributed by atoms with van der Waals surface area (Å²) in [6, 6.07) is 13.7. The van der Waals surface area contributed by atoms with Crippen molar-refractivity contribution >= 4 is 17.7 Å². The van der Waals surface area contributed by atoms with Gasteiger partial charge in [-0.05, 0) is 53.8 Å². The van der Waals surface area contributed by atoms with E-state index in [1.165, 1.54) is 0 Å². The van der Waals surface area contributed by atoms with Crippen molar-refractivity contribution in [2.75, 3.05) is 32.8 Å². The standard InChI is InChI=1S/C22H25N3O3S/c1-27-20-9-8-17(13-21(20)28-2)16-6-4-7-18(12-16)25-15-23-14-19(25)22(26)24-10-5-11-29-3/h4,6-9,12-15H,5,10-11H2,1-3H3,(H,24,26). The van der Waals surface area contributed by atoms with Crippen LogP contribution in [0.5, 0.6) is 11.5 Å². The molecule has 152 valence electrons. The first-order valence-corrected chi connectivity index (χ1v) is 10.7. The van der Waals surface area contributed by atoms with Gasteiger partial charge in [0.1, 0.15) is 5.69 Å². The number of rotatable bonds is 9. The molecule has 0 saturated carbocycles. The van der Waals surface area contributed by atoms with Crippen LogP contribution in [0.25, 0.3) is 16.8 Å². The Morgan fingerprint density at radius 2 is 1.90 bits per heavy atom. The highest BCUT2D eigenvalue weighted by molar-refractivity contribution is 7.98. The first-order valence-electron chi connectivity index (χ1n) is 9.30. The summed E-state index contributed by atoms with van der Waals surface area (Å²) in [6.07, 6.45) is 6.25. The number of thioether (sulfide) groups is 1. The van der Waals surface area contributed by atoms with Crippen molar-refractivity contribution in [2.45, 2.75) is 6.42 Å². The number of amides is 1. The number of nitrogens with zero attached hydrogens (tertiary/aromatic N) is 2. The molecule has 0 aliphatic heterocycles. The summed E-state index contributed by atoms with van der Waals surface area (Å²) in [5.74, 6) is 2.25. The first-order chi connectivity index (χ1) is 14.2. The van der Waals surface area contributed by atoms with Gasteiger partial charge in [0, 0.05) is 12.2 Å². The molecule has 1 aromatic heterocycles. The Hall–Kier alpha value is -2.93. The number of methoxy groups -OCH3 is 2. The van der Waals surface area contributed by atoms with Gasteiger partial charge < -0.3 is 14.8 Å². The number of nitrogens with one attached hydrogen (secondary N) is 1. The lowest BCUT2D eigenvalue weighted by molar-refractivity contribution is 0.0947. The summed E-state index contributed by atoms with van der Waals surface area (Å²) in [5, 5.41) is 2.96. The van der Waals surface area contributed by atoms with Crippen LogP contribution >= 0.6 is 11.8 Å². The summed E-state index contributed by atoms with van der Waals surface area (Å²) in [7, 11) is 3.23. The van der Waals surface area contributed by atoms with Gasteiger partial charge >= 0.3 is 0 Å². The molecule has 1 heterocycles. The van der Waals surface area contributed by atoms with Crippen molar-refractivity contribution < 1.29 is 14.3 Å². The maximum atomic E-state index is 12.6. The summed E-state index contributed by atoms with van der Waals surface area (Å²) in [4.78, 5) is 16.7. The Kier molecular flexibility index (Phi) is 7.19. The molecule has 0 saturated heterocycles. The minimum atomic E-state index is -0.125. The number of aromatic nitrogens is 2. The van der Waals surface area contributed by atoms with Gasteiger partial charge in [-0.3, -0.25) is 9.36 Å². The Labute approximate surface area is 175 Å². The van der Waals surface area contributed by atoms with Gasteiger partial charge in [-0.25, -0.2) is 4.98 Å².